The lowest BCUT2D eigenvalue weighted by atomic mass is 9.88. The van der Waals surface area contributed by atoms with E-state index in [4.69, 9.17) is 5.73 Å². The molecule has 1 aromatic rings. The van der Waals surface area contributed by atoms with Crippen molar-refractivity contribution in [1.29, 1.82) is 0 Å². The molecule has 106 valence electrons. The fourth-order valence-electron chi connectivity index (χ4n) is 2.86. The Kier molecular flexibility index (Phi) is 4.24. The lowest BCUT2D eigenvalue weighted by Crippen LogP contribution is -2.49. The first-order valence-electron chi connectivity index (χ1n) is 7.08. The van der Waals surface area contributed by atoms with E-state index >= 15 is 0 Å². The summed E-state index contributed by atoms with van der Waals surface area (Å²) in [7, 11) is 1.86. The highest BCUT2D eigenvalue weighted by atomic mass is 16.2. The molecule has 1 aliphatic heterocycles. The number of hydrogen-bond donors (Lipinski definition) is 1. The quantitative estimate of drug-likeness (QED) is 0.895. The van der Waals surface area contributed by atoms with Crippen LogP contribution in [0.4, 0.5) is 0 Å². The molecule has 0 radical (unpaired) electrons. The minimum absolute atomic E-state index is 0.0793. The van der Waals surface area contributed by atoms with E-state index in [1.165, 1.54) is 6.42 Å². The maximum absolute atomic E-state index is 12.6. The molecule has 0 aliphatic carbocycles. The van der Waals surface area contributed by atoms with Crippen molar-refractivity contribution in [3.63, 3.8) is 0 Å². The van der Waals surface area contributed by atoms with Crippen LogP contribution in [-0.4, -0.2) is 39.7 Å². The third-order valence-electron chi connectivity index (χ3n) is 4.40. The molecule has 1 aromatic heterocycles. The number of carbonyl (C=O) groups excluding carboxylic acids is 1. The highest BCUT2D eigenvalue weighted by molar-refractivity contribution is 5.95. The topological polar surface area (TPSA) is 64.2 Å². The third-order valence-corrected chi connectivity index (χ3v) is 4.40. The molecule has 0 saturated carbocycles. The van der Waals surface area contributed by atoms with Gasteiger partial charge in [-0.25, -0.2) is 0 Å². The van der Waals surface area contributed by atoms with Gasteiger partial charge >= 0.3 is 0 Å². The van der Waals surface area contributed by atoms with Crippen molar-refractivity contribution in [1.82, 2.24) is 14.7 Å². The van der Waals surface area contributed by atoms with E-state index in [9.17, 15) is 4.79 Å². The summed E-state index contributed by atoms with van der Waals surface area (Å²) in [5.74, 6) is 0.781. The molecule has 19 heavy (non-hydrogen) atoms. The summed E-state index contributed by atoms with van der Waals surface area (Å²) in [6.07, 6.45) is 4.94. The molecule has 2 unspecified atom stereocenters. The van der Waals surface area contributed by atoms with E-state index in [-0.39, 0.29) is 11.9 Å². The second-order valence-corrected chi connectivity index (χ2v) is 5.45. The Labute approximate surface area is 114 Å². The van der Waals surface area contributed by atoms with Gasteiger partial charge in [0, 0.05) is 31.9 Å². The molecule has 1 amide bonds. The fourth-order valence-corrected chi connectivity index (χ4v) is 2.86. The lowest BCUT2D eigenvalue weighted by Gasteiger charge is -2.38. The Hall–Kier alpha value is -1.36. The smallest absolute Gasteiger partial charge is 0.257 e. The fraction of sp³-hybridized carbons (Fsp3) is 0.714. The van der Waals surface area contributed by atoms with Gasteiger partial charge in [-0.3, -0.25) is 9.48 Å². The maximum Gasteiger partial charge on any atom is 0.257 e. The summed E-state index contributed by atoms with van der Waals surface area (Å²) >= 11 is 0. The Morgan fingerprint density at radius 3 is 2.84 bits per heavy atom. The predicted molar refractivity (Wildman–Crippen MR) is 74.8 cm³/mol. The largest absolute Gasteiger partial charge is 0.334 e. The van der Waals surface area contributed by atoms with E-state index in [1.807, 2.05) is 18.9 Å². The molecule has 1 saturated heterocycles. The Morgan fingerprint density at radius 2 is 2.32 bits per heavy atom. The molecule has 0 aromatic carbocycles. The second-order valence-electron chi connectivity index (χ2n) is 5.45. The second kappa shape index (κ2) is 5.74. The van der Waals surface area contributed by atoms with Crippen LogP contribution in [0, 0.1) is 12.8 Å². The first-order chi connectivity index (χ1) is 9.08. The molecule has 0 bridgehead atoms. The van der Waals surface area contributed by atoms with Crippen LogP contribution in [0.3, 0.4) is 0 Å². The van der Waals surface area contributed by atoms with Gasteiger partial charge in [-0.15, -0.1) is 0 Å². The molecule has 2 atom stereocenters. The lowest BCUT2D eigenvalue weighted by molar-refractivity contribution is 0.0557. The first kappa shape index (κ1) is 14.1. The minimum Gasteiger partial charge on any atom is -0.334 e. The van der Waals surface area contributed by atoms with Crippen molar-refractivity contribution in [2.45, 2.75) is 39.2 Å². The number of likely N-dealkylation sites (tertiary alicyclic amines) is 1. The van der Waals surface area contributed by atoms with Crippen molar-refractivity contribution in [2.24, 2.45) is 18.7 Å². The van der Waals surface area contributed by atoms with E-state index < -0.39 is 0 Å². The normalized spacial score (nSPS) is 23.7. The standard InChI is InChI=1S/C14H24N4O/c1-4-11-5-6-18(12(7-11)8-15)14(19)13-9-16-17(3)10(13)2/h9,11-12H,4-8,15H2,1-3H3. The number of nitrogens with two attached hydrogens (primary N) is 1. The Balaban J connectivity index is 2.16. The summed E-state index contributed by atoms with van der Waals surface area (Å²) in [5, 5.41) is 4.15. The number of aromatic nitrogens is 2. The maximum atomic E-state index is 12.6. The van der Waals surface area contributed by atoms with E-state index in [0.717, 1.165) is 25.1 Å². The van der Waals surface area contributed by atoms with Crippen molar-refractivity contribution >= 4 is 5.91 Å². The van der Waals surface area contributed by atoms with Crippen LogP contribution in [0.2, 0.25) is 0 Å². The molecule has 1 fully saturated rings. The van der Waals surface area contributed by atoms with Gasteiger partial charge in [-0.05, 0) is 25.7 Å². The van der Waals surface area contributed by atoms with Crippen molar-refractivity contribution < 1.29 is 4.79 Å². The SMILES string of the molecule is CCC1CCN(C(=O)c2cnn(C)c2C)C(CN)C1. The Morgan fingerprint density at radius 1 is 1.58 bits per heavy atom. The van der Waals surface area contributed by atoms with Crippen molar-refractivity contribution in [2.75, 3.05) is 13.1 Å². The van der Waals surface area contributed by atoms with Crippen LogP contribution >= 0.6 is 0 Å². The molecule has 5 heteroatoms. The van der Waals surface area contributed by atoms with Crippen LogP contribution in [0.25, 0.3) is 0 Å². The number of nitrogens with zero attached hydrogens (tertiary/aromatic N) is 3. The molecule has 1 aliphatic rings. The molecule has 2 N–H and O–H groups in total. The zero-order chi connectivity index (χ0) is 14.0. The number of hydrogen-bond acceptors (Lipinski definition) is 3. The summed E-state index contributed by atoms with van der Waals surface area (Å²) in [5.41, 5.74) is 7.47. The number of rotatable bonds is 3. The van der Waals surface area contributed by atoms with Crippen LogP contribution < -0.4 is 5.73 Å². The predicted octanol–water partition coefficient (Wildman–Crippen LogP) is 1.32. The molecular weight excluding hydrogens is 240 g/mol. The third kappa shape index (κ3) is 2.66. The minimum atomic E-state index is 0.0793. The van der Waals surface area contributed by atoms with Gasteiger partial charge < -0.3 is 10.6 Å². The van der Waals surface area contributed by atoms with E-state index in [1.54, 1.807) is 10.9 Å². The number of piperidine rings is 1. The van der Waals surface area contributed by atoms with Gasteiger partial charge in [0.2, 0.25) is 0 Å². The number of amides is 1. The average molecular weight is 264 g/mol. The summed E-state index contributed by atoms with van der Waals surface area (Å²) < 4.78 is 1.74. The van der Waals surface area contributed by atoms with E-state index in [0.29, 0.717) is 18.0 Å². The summed E-state index contributed by atoms with van der Waals surface area (Å²) in [6.45, 7) is 5.49. The molecule has 5 nitrogen and oxygen atoms in total. The monoisotopic (exact) mass is 264 g/mol. The summed E-state index contributed by atoms with van der Waals surface area (Å²) in [4.78, 5) is 14.6. The Bertz CT molecular complexity index is 454. The molecule has 2 rings (SSSR count). The zero-order valence-corrected chi connectivity index (χ0v) is 12.1. The number of aryl methyl sites for hydroxylation is 1. The first-order valence-corrected chi connectivity index (χ1v) is 7.08. The molecule has 0 spiro atoms. The number of carbonyl (C=O) groups is 1. The van der Waals surface area contributed by atoms with Crippen LogP contribution in [0.5, 0.6) is 0 Å². The zero-order valence-electron chi connectivity index (χ0n) is 12.1. The van der Waals surface area contributed by atoms with Crippen molar-refractivity contribution in [3.8, 4) is 0 Å². The van der Waals surface area contributed by atoms with Gasteiger partial charge in [0.05, 0.1) is 11.8 Å². The highest BCUT2D eigenvalue weighted by Crippen LogP contribution is 2.26. The van der Waals surface area contributed by atoms with Gasteiger partial charge in [0.1, 0.15) is 0 Å². The summed E-state index contributed by atoms with van der Waals surface area (Å²) in [6, 6.07) is 0.172. The van der Waals surface area contributed by atoms with Gasteiger partial charge in [0.25, 0.3) is 5.91 Å². The van der Waals surface area contributed by atoms with Crippen molar-refractivity contribution in [3.05, 3.63) is 17.5 Å². The van der Waals surface area contributed by atoms with Gasteiger partial charge in [0.15, 0.2) is 0 Å². The van der Waals surface area contributed by atoms with Crippen LogP contribution in [-0.2, 0) is 7.05 Å². The van der Waals surface area contributed by atoms with Gasteiger partial charge in [-0.1, -0.05) is 13.3 Å². The molecule has 2 heterocycles. The van der Waals surface area contributed by atoms with Crippen LogP contribution in [0.1, 0.15) is 42.2 Å². The van der Waals surface area contributed by atoms with Crippen LogP contribution in [0.15, 0.2) is 6.20 Å². The highest BCUT2D eigenvalue weighted by Gasteiger charge is 2.31. The van der Waals surface area contributed by atoms with E-state index in [2.05, 4.69) is 12.0 Å². The van der Waals surface area contributed by atoms with Gasteiger partial charge in [-0.2, -0.15) is 5.10 Å². The average Bonchev–Trinajstić information content (AvgIpc) is 2.77. The molecular formula is C14H24N4O.